The Balaban J connectivity index is 2.45. The average Bonchev–Trinajstić information content (AvgIpc) is 2.66. The van der Waals surface area contributed by atoms with Crippen molar-refractivity contribution in [2.24, 2.45) is 5.73 Å². The van der Waals surface area contributed by atoms with Crippen molar-refractivity contribution in [2.75, 3.05) is 13.1 Å². The molecule has 166 valence electrons. The molecule has 0 aliphatic heterocycles. The molecular weight excluding hydrogens is 392 g/mol. The fourth-order valence-corrected chi connectivity index (χ4v) is 2.29. The minimum absolute atomic E-state index is 0.144. The van der Waals surface area contributed by atoms with E-state index >= 15 is 0 Å². The third-order valence-electron chi connectivity index (χ3n) is 3.60. The molecule has 0 saturated carbocycles. The Morgan fingerprint density at radius 3 is 2.30 bits per heavy atom. The number of alkyl carbamates (subject to hydrolysis) is 2. The van der Waals surface area contributed by atoms with E-state index in [2.05, 4.69) is 16.0 Å². The molecule has 0 radical (unpaired) electrons. The Bertz CT molecular complexity index is 718. The molecule has 0 heterocycles. The number of hydrogen-bond donors (Lipinski definition) is 4. The Labute approximate surface area is 175 Å². The van der Waals surface area contributed by atoms with Crippen molar-refractivity contribution in [2.45, 2.75) is 51.9 Å². The highest BCUT2D eigenvalue weighted by Gasteiger charge is 2.24. The fraction of sp³-hybridized carbons (Fsp3) is 0.500. The van der Waals surface area contributed by atoms with Gasteiger partial charge in [-0.05, 0) is 39.2 Å². The lowest BCUT2D eigenvalue weighted by molar-refractivity contribution is -0.126. The van der Waals surface area contributed by atoms with E-state index in [9.17, 15) is 19.2 Å². The van der Waals surface area contributed by atoms with Crippen LogP contribution >= 0.6 is 0 Å². The number of rotatable bonds is 10. The van der Waals surface area contributed by atoms with Crippen LogP contribution in [0.3, 0.4) is 0 Å². The van der Waals surface area contributed by atoms with Gasteiger partial charge in [0.25, 0.3) is 0 Å². The first-order valence-electron chi connectivity index (χ1n) is 9.57. The van der Waals surface area contributed by atoms with Crippen molar-refractivity contribution in [1.29, 1.82) is 0 Å². The Morgan fingerprint density at radius 1 is 1.03 bits per heavy atom. The van der Waals surface area contributed by atoms with Gasteiger partial charge in [0.1, 0.15) is 18.2 Å². The molecule has 0 aliphatic carbocycles. The zero-order chi connectivity index (χ0) is 22.6. The minimum Gasteiger partial charge on any atom is -0.445 e. The zero-order valence-corrected chi connectivity index (χ0v) is 17.5. The van der Waals surface area contributed by atoms with Crippen molar-refractivity contribution >= 4 is 24.0 Å². The highest BCUT2D eigenvalue weighted by atomic mass is 16.6. The molecule has 0 saturated heterocycles. The number of carbonyl (C=O) groups excluding carboxylic acids is 4. The number of nitrogens with two attached hydrogens (primary N) is 1. The van der Waals surface area contributed by atoms with E-state index in [4.69, 9.17) is 15.2 Å². The molecule has 5 N–H and O–H groups in total. The smallest absolute Gasteiger partial charge is 0.408 e. The molecule has 0 bridgehead atoms. The second kappa shape index (κ2) is 12.3. The molecule has 30 heavy (non-hydrogen) atoms. The topological polar surface area (TPSA) is 149 Å². The monoisotopic (exact) mass is 422 g/mol. The maximum atomic E-state index is 12.2. The second-order valence-corrected chi connectivity index (χ2v) is 7.51. The first-order valence-corrected chi connectivity index (χ1v) is 9.57. The number of hydrogen-bond acceptors (Lipinski definition) is 6. The average molecular weight is 422 g/mol. The van der Waals surface area contributed by atoms with Crippen molar-refractivity contribution in [3.05, 3.63) is 35.9 Å². The standard InChI is InChI=1S/C20H30N4O6/c1-20(2,3)30-19(28)24-15(17(26)23-12-16(21)25)10-7-11-22-18(27)29-13-14-8-5-4-6-9-14/h4-6,8-9,15H,7,10-13H2,1-3H3,(H2,21,25)(H,22,27)(H,23,26)(H,24,28)/t15-/m0/s1. The molecule has 0 unspecified atom stereocenters. The van der Waals surface area contributed by atoms with Gasteiger partial charge in [0.05, 0.1) is 6.54 Å². The van der Waals surface area contributed by atoms with E-state index in [0.717, 1.165) is 5.56 Å². The molecule has 1 atom stereocenters. The van der Waals surface area contributed by atoms with Gasteiger partial charge in [-0.3, -0.25) is 9.59 Å². The van der Waals surface area contributed by atoms with Crippen LogP contribution in [0.4, 0.5) is 9.59 Å². The zero-order valence-electron chi connectivity index (χ0n) is 17.5. The van der Waals surface area contributed by atoms with Gasteiger partial charge in [-0.2, -0.15) is 0 Å². The molecule has 1 rings (SSSR count). The van der Waals surface area contributed by atoms with Gasteiger partial charge in [0.15, 0.2) is 0 Å². The van der Waals surface area contributed by atoms with E-state index in [1.165, 1.54) is 0 Å². The lowest BCUT2D eigenvalue weighted by Crippen LogP contribution is -2.49. The SMILES string of the molecule is CC(C)(C)OC(=O)N[C@@H](CCCNC(=O)OCc1ccccc1)C(=O)NCC(N)=O. The second-order valence-electron chi connectivity index (χ2n) is 7.51. The lowest BCUT2D eigenvalue weighted by atomic mass is 10.1. The van der Waals surface area contributed by atoms with Gasteiger partial charge < -0.3 is 31.2 Å². The lowest BCUT2D eigenvalue weighted by Gasteiger charge is -2.23. The van der Waals surface area contributed by atoms with Crippen molar-refractivity contribution in [1.82, 2.24) is 16.0 Å². The number of benzene rings is 1. The van der Waals surface area contributed by atoms with E-state index in [1.54, 1.807) is 20.8 Å². The molecule has 0 aliphatic rings. The normalized spacial score (nSPS) is 11.7. The molecule has 0 spiro atoms. The van der Waals surface area contributed by atoms with E-state index in [1.807, 2.05) is 30.3 Å². The van der Waals surface area contributed by atoms with Crippen molar-refractivity contribution in [3.63, 3.8) is 0 Å². The van der Waals surface area contributed by atoms with Crippen LogP contribution in [0.1, 0.15) is 39.2 Å². The van der Waals surface area contributed by atoms with Gasteiger partial charge >= 0.3 is 12.2 Å². The molecule has 4 amide bonds. The van der Waals surface area contributed by atoms with E-state index in [-0.39, 0.29) is 26.1 Å². The van der Waals surface area contributed by atoms with Gasteiger partial charge in [-0.15, -0.1) is 0 Å². The number of nitrogens with one attached hydrogen (secondary N) is 3. The van der Waals surface area contributed by atoms with Gasteiger partial charge in [0.2, 0.25) is 11.8 Å². The molecular formula is C20H30N4O6. The summed E-state index contributed by atoms with van der Waals surface area (Å²) >= 11 is 0. The van der Waals surface area contributed by atoms with Crippen LogP contribution in [-0.2, 0) is 25.7 Å². The van der Waals surface area contributed by atoms with Crippen molar-refractivity contribution in [3.8, 4) is 0 Å². The fourth-order valence-electron chi connectivity index (χ4n) is 2.29. The largest absolute Gasteiger partial charge is 0.445 e. The molecule has 10 nitrogen and oxygen atoms in total. The highest BCUT2D eigenvalue weighted by Crippen LogP contribution is 2.08. The maximum Gasteiger partial charge on any atom is 0.408 e. The van der Waals surface area contributed by atoms with Gasteiger partial charge in [-0.25, -0.2) is 9.59 Å². The summed E-state index contributed by atoms with van der Waals surface area (Å²) in [4.78, 5) is 46.8. The number of carbonyl (C=O) groups is 4. The third-order valence-corrected chi connectivity index (χ3v) is 3.60. The quantitative estimate of drug-likeness (QED) is 0.416. The number of ether oxygens (including phenoxy) is 2. The predicted octanol–water partition coefficient (Wildman–Crippen LogP) is 1.19. The summed E-state index contributed by atoms with van der Waals surface area (Å²) in [5.74, 6) is -1.28. The van der Waals surface area contributed by atoms with Gasteiger partial charge in [-0.1, -0.05) is 30.3 Å². The number of amides is 4. The summed E-state index contributed by atoms with van der Waals surface area (Å²) in [7, 11) is 0. The summed E-state index contributed by atoms with van der Waals surface area (Å²) < 4.78 is 10.2. The molecule has 0 fully saturated rings. The third kappa shape index (κ3) is 11.5. The molecule has 1 aromatic rings. The van der Waals surface area contributed by atoms with Crippen LogP contribution < -0.4 is 21.7 Å². The van der Waals surface area contributed by atoms with Crippen molar-refractivity contribution < 1.29 is 28.7 Å². The van der Waals surface area contributed by atoms with Crippen LogP contribution in [0.5, 0.6) is 0 Å². The van der Waals surface area contributed by atoms with Crippen LogP contribution in [0.2, 0.25) is 0 Å². The van der Waals surface area contributed by atoms with Crippen LogP contribution in [0, 0.1) is 0 Å². The Morgan fingerprint density at radius 2 is 1.70 bits per heavy atom. The molecule has 1 aromatic carbocycles. The van der Waals surface area contributed by atoms with E-state index < -0.39 is 35.6 Å². The Hall–Kier alpha value is -3.30. The van der Waals surface area contributed by atoms with Crippen LogP contribution in [0.15, 0.2) is 30.3 Å². The van der Waals surface area contributed by atoms with Crippen LogP contribution in [-0.4, -0.2) is 48.7 Å². The first kappa shape index (κ1) is 24.7. The highest BCUT2D eigenvalue weighted by molar-refractivity contribution is 5.89. The van der Waals surface area contributed by atoms with Crippen LogP contribution in [0.25, 0.3) is 0 Å². The Kier molecular flexibility index (Phi) is 10.1. The summed E-state index contributed by atoms with van der Waals surface area (Å²) in [5.41, 5.74) is 5.15. The summed E-state index contributed by atoms with van der Waals surface area (Å²) in [6, 6.07) is 8.28. The first-order chi connectivity index (χ1) is 14.1. The minimum atomic E-state index is -0.957. The summed E-state index contributed by atoms with van der Waals surface area (Å²) in [5, 5.41) is 7.38. The predicted molar refractivity (Wildman–Crippen MR) is 109 cm³/mol. The maximum absolute atomic E-state index is 12.2. The summed E-state index contributed by atoms with van der Waals surface area (Å²) in [6.07, 6.45) is -0.793. The molecule has 0 aromatic heterocycles. The van der Waals surface area contributed by atoms with Gasteiger partial charge in [0, 0.05) is 6.54 Å². The van der Waals surface area contributed by atoms with E-state index in [0.29, 0.717) is 6.42 Å². The number of primary amides is 1. The molecule has 10 heteroatoms. The summed E-state index contributed by atoms with van der Waals surface area (Å²) in [6.45, 7) is 5.10.